The minimum atomic E-state index is -0.564. The van der Waals surface area contributed by atoms with Crippen molar-refractivity contribution in [2.45, 2.75) is 26.0 Å². The number of carbonyl (C=O) groups excluding carboxylic acids is 2. The van der Waals surface area contributed by atoms with Gasteiger partial charge in [-0.3, -0.25) is 4.79 Å². The first-order valence-electron chi connectivity index (χ1n) is 8.80. The Hall–Kier alpha value is -2.66. The van der Waals surface area contributed by atoms with E-state index in [2.05, 4.69) is 0 Å². The molecule has 1 fully saturated rings. The molecule has 0 saturated carbocycles. The summed E-state index contributed by atoms with van der Waals surface area (Å²) in [5.41, 5.74) is 2.12. The van der Waals surface area contributed by atoms with Crippen molar-refractivity contribution in [3.63, 3.8) is 0 Å². The number of ether oxygens (including phenoxy) is 2. The Balaban J connectivity index is 1.56. The normalized spacial score (nSPS) is 17.8. The highest BCUT2D eigenvalue weighted by molar-refractivity contribution is 5.94. The molecule has 2 amide bonds. The van der Waals surface area contributed by atoms with E-state index in [0.717, 1.165) is 11.1 Å². The van der Waals surface area contributed by atoms with Crippen LogP contribution >= 0.6 is 0 Å². The third kappa shape index (κ3) is 4.49. The van der Waals surface area contributed by atoms with E-state index < -0.39 is 12.0 Å². The van der Waals surface area contributed by atoms with Gasteiger partial charge in [-0.25, -0.2) is 9.69 Å². The van der Waals surface area contributed by atoms with Gasteiger partial charge < -0.3 is 9.47 Å². The van der Waals surface area contributed by atoms with Gasteiger partial charge in [0.05, 0.1) is 25.2 Å². The molecule has 0 aliphatic carbocycles. The van der Waals surface area contributed by atoms with E-state index >= 15 is 0 Å². The molecule has 1 aliphatic heterocycles. The maximum atomic E-state index is 12.7. The zero-order valence-electron chi connectivity index (χ0n) is 14.8. The molecular formula is C21H23NO4. The van der Waals surface area contributed by atoms with E-state index in [4.69, 9.17) is 9.47 Å². The average molecular weight is 353 g/mol. The highest BCUT2D eigenvalue weighted by Gasteiger charge is 2.39. The molecule has 2 aromatic carbocycles. The lowest BCUT2D eigenvalue weighted by Gasteiger charge is -2.23. The zero-order valence-corrected chi connectivity index (χ0v) is 14.8. The highest BCUT2D eigenvalue weighted by atomic mass is 16.6. The monoisotopic (exact) mass is 353 g/mol. The predicted molar refractivity (Wildman–Crippen MR) is 97.4 cm³/mol. The lowest BCUT2D eigenvalue weighted by atomic mass is 10.0. The first-order chi connectivity index (χ1) is 12.6. The summed E-state index contributed by atoms with van der Waals surface area (Å²) in [7, 11) is 0. The fraction of sp³-hybridized carbons (Fsp3) is 0.333. The van der Waals surface area contributed by atoms with Gasteiger partial charge in [0.15, 0.2) is 0 Å². The van der Waals surface area contributed by atoms with Crippen LogP contribution in [0.3, 0.4) is 0 Å². The maximum absolute atomic E-state index is 12.7. The quantitative estimate of drug-likeness (QED) is 0.765. The van der Waals surface area contributed by atoms with Crippen molar-refractivity contribution in [2.75, 3.05) is 13.2 Å². The summed E-state index contributed by atoms with van der Waals surface area (Å²) in [6.45, 7) is 2.71. The van der Waals surface area contributed by atoms with Gasteiger partial charge in [0.2, 0.25) is 5.91 Å². The van der Waals surface area contributed by atoms with E-state index in [-0.39, 0.29) is 25.2 Å². The second kappa shape index (κ2) is 8.63. The van der Waals surface area contributed by atoms with Gasteiger partial charge in [-0.05, 0) is 17.5 Å². The molecule has 1 heterocycles. The number of amides is 2. The molecule has 2 unspecified atom stereocenters. The predicted octanol–water partition coefficient (Wildman–Crippen LogP) is 3.43. The molecule has 3 rings (SSSR count). The number of carbonyl (C=O) groups is 2. The summed E-state index contributed by atoms with van der Waals surface area (Å²) in [5.74, 6) is -0.663. The first kappa shape index (κ1) is 18.1. The Labute approximate surface area is 153 Å². The van der Waals surface area contributed by atoms with Gasteiger partial charge in [-0.15, -0.1) is 0 Å². The van der Waals surface area contributed by atoms with Crippen molar-refractivity contribution in [3.8, 4) is 0 Å². The third-order valence-corrected chi connectivity index (χ3v) is 4.41. The molecule has 26 heavy (non-hydrogen) atoms. The van der Waals surface area contributed by atoms with Crippen LogP contribution in [0.2, 0.25) is 0 Å². The van der Waals surface area contributed by atoms with Crippen molar-refractivity contribution < 1.29 is 19.1 Å². The van der Waals surface area contributed by atoms with Crippen molar-refractivity contribution in [3.05, 3.63) is 71.8 Å². The molecule has 2 atom stereocenters. The standard InChI is InChI=1S/C21H23NO4/c1-16(13-25-14-18-10-6-3-7-11-18)20(23)22-19(15-26-21(22)24)12-17-8-4-2-5-9-17/h2-11,16,19H,12-15H2,1H3. The van der Waals surface area contributed by atoms with Gasteiger partial charge >= 0.3 is 6.09 Å². The fourth-order valence-corrected chi connectivity index (χ4v) is 3.00. The number of rotatable bonds is 7. The zero-order chi connectivity index (χ0) is 18.4. The molecule has 0 aromatic heterocycles. The number of hydrogen-bond acceptors (Lipinski definition) is 4. The Morgan fingerprint density at radius 2 is 1.73 bits per heavy atom. The minimum Gasteiger partial charge on any atom is -0.447 e. The van der Waals surface area contributed by atoms with Gasteiger partial charge in [0, 0.05) is 0 Å². The molecule has 136 valence electrons. The Kier molecular flexibility index (Phi) is 6.02. The molecule has 0 N–H and O–H groups in total. The maximum Gasteiger partial charge on any atom is 0.416 e. The number of imide groups is 1. The average Bonchev–Trinajstić information content (AvgIpc) is 3.03. The molecule has 0 bridgehead atoms. The second-order valence-electron chi connectivity index (χ2n) is 6.53. The summed E-state index contributed by atoms with van der Waals surface area (Å²) in [6.07, 6.45) is 0.0291. The van der Waals surface area contributed by atoms with Crippen molar-refractivity contribution in [1.82, 2.24) is 4.90 Å². The summed E-state index contributed by atoms with van der Waals surface area (Å²) in [5, 5.41) is 0. The highest BCUT2D eigenvalue weighted by Crippen LogP contribution is 2.20. The topological polar surface area (TPSA) is 55.8 Å². The van der Waals surface area contributed by atoms with Crippen LogP contribution in [0.1, 0.15) is 18.1 Å². The SMILES string of the molecule is CC(COCc1ccccc1)C(=O)N1C(=O)OCC1Cc1ccccc1. The second-order valence-corrected chi connectivity index (χ2v) is 6.53. The molecule has 1 saturated heterocycles. The van der Waals surface area contributed by atoms with E-state index in [1.54, 1.807) is 6.92 Å². The number of benzene rings is 2. The first-order valence-corrected chi connectivity index (χ1v) is 8.80. The van der Waals surface area contributed by atoms with E-state index in [1.165, 1.54) is 4.90 Å². The molecule has 1 aliphatic rings. The molecule has 2 aromatic rings. The Bertz CT molecular complexity index is 732. The molecule has 0 radical (unpaired) electrons. The number of hydrogen-bond donors (Lipinski definition) is 0. The Morgan fingerprint density at radius 1 is 1.12 bits per heavy atom. The van der Waals surface area contributed by atoms with Crippen LogP contribution in [0.25, 0.3) is 0 Å². The van der Waals surface area contributed by atoms with Crippen LogP contribution in [-0.4, -0.2) is 36.2 Å². The van der Waals surface area contributed by atoms with Crippen LogP contribution in [-0.2, 0) is 27.3 Å². The smallest absolute Gasteiger partial charge is 0.416 e. The molecular weight excluding hydrogens is 330 g/mol. The number of cyclic esters (lactones) is 1. The van der Waals surface area contributed by atoms with Crippen LogP contribution in [0.15, 0.2) is 60.7 Å². The van der Waals surface area contributed by atoms with Crippen molar-refractivity contribution in [1.29, 1.82) is 0 Å². The lowest BCUT2D eigenvalue weighted by molar-refractivity contribution is -0.135. The number of nitrogens with zero attached hydrogens (tertiary/aromatic N) is 1. The van der Waals surface area contributed by atoms with Crippen molar-refractivity contribution >= 4 is 12.0 Å². The Morgan fingerprint density at radius 3 is 2.38 bits per heavy atom. The molecule has 0 spiro atoms. The van der Waals surface area contributed by atoms with Gasteiger partial charge in [-0.1, -0.05) is 67.6 Å². The third-order valence-electron chi connectivity index (χ3n) is 4.41. The summed E-state index contributed by atoms with van der Waals surface area (Å²) in [4.78, 5) is 26.1. The van der Waals surface area contributed by atoms with Crippen LogP contribution in [0, 0.1) is 5.92 Å². The van der Waals surface area contributed by atoms with E-state index in [1.807, 2.05) is 60.7 Å². The van der Waals surface area contributed by atoms with Crippen LogP contribution in [0.5, 0.6) is 0 Å². The minimum absolute atomic E-state index is 0.233. The fourth-order valence-electron chi connectivity index (χ4n) is 3.00. The molecule has 5 heteroatoms. The van der Waals surface area contributed by atoms with Gasteiger partial charge in [0.1, 0.15) is 6.61 Å². The van der Waals surface area contributed by atoms with E-state index in [9.17, 15) is 9.59 Å². The van der Waals surface area contributed by atoms with Crippen LogP contribution in [0.4, 0.5) is 4.79 Å². The van der Waals surface area contributed by atoms with Gasteiger partial charge in [-0.2, -0.15) is 0 Å². The van der Waals surface area contributed by atoms with E-state index in [0.29, 0.717) is 13.0 Å². The van der Waals surface area contributed by atoms with Gasteiger partial charge in [0.25, 0.3) is 0 Å². The summed E-state index contributed by atoms with van der Waals surface area (Å²) < 4.78 is 10.8. The van der Waals surface area contributed by atoms with Crippen molar-refractivity contribution in [2.24, 2.45) is 5.92 Å². The largest absolute Gasteiger partial charge is 0.447 e. The summed E-state index contributed by atoms with van der Waals surface area (Å²) >= 11 is 0. The molecule has 5 nitrogen and oxygen atoms in total. The summed E-state index contributed by atoms with van der Waals surface area (Å²) in [6, 6.07) is 19.3. The lowest BCUT2D eigenvalue weighted by Crippen LogP contribution is -2.44. The van der Waals surface area contributed by atoms with Crippen LogP contribution < -0.4 is 0 Å².